The Morgan fingerprint density at radius 1 is 1.53 bits per heavy atom. The first-order valence-electron chi connectivity index (χ1n) is 5.87. The number of carbonyl (C=O) groups excluding carboxylic acids is 1. The van der Waals surface area contributed by atoms with Gasteiger partial charge in [0.05, 0.1) is 9.98 Å². The van der Waals surface area contributed by atoms with Crippen LogP contribution in [0.15, 0.2) is 9.98 Å². The van der Waals surface area contributed by atoms with E-state index in [4.69, 9.17) is 0 Å². The third-order valence-corrected chi connectivity index (χ3v) is 5.12. The summed E-state index contributed by atoms with van der Waals surface area (Å²) in [6.07, 6.45) is 4.11. The van der Waals surface area contributed by atoms with Gasteiger partial charge in [0, 0.05) is 12.6 Å². The lowest BCUT2D eigenvalue weighted by atomic mass is 9.84. The minimum atomic E-state index is -0.0283. The fourth-order valence-corrected chi connectivity index (χ4v) is 3.83. The molecule has 4 heterocycles. The van der Waals surface area contributed by atoms with Crippen LogP contribution >= 0.6 is 27.3 Å². The SMILES string of the molecule is O=C(NC1CN2CCC1CC2)c1ncc(Br)s1. The molecule has 0 aromatic carbocycles. The number of hydrogen-bond acceptors (Lipinski definition) is 4. The van der Waals surface area contributed by atoms with E-state index in [9.17, 15) is 4.79 Å². The predicted molar refractivity (Wildman–Crippen MR) is 70.2 cm³/mol. The number of carbonyl (C=O) groups is 1. The number of nitrogens with zero attached hydrogens (tertiary/aromatic N) is 2. The normalized spacial score (nSPS) is 31.5. The van der Waals surface area contributed by atoms with Crippen molar-refractivity contribution in [2.75, 3.05) is 19.6 Å². The van der Waals surface area contributed by atoms with Crippen LogP contribution in [0.5, 0.6) is 0 Å². The molecule has 3 fully saturated rings. The van der Waals surface area contributed by atoms with Crippen molar-refractivity contribution in [1.29, 1.82) is 0 Å². The number of hydrogen-bond donors (Lipinski definition) is 1. The van der Waals surface area contributed by atoms with E-state index in [0.717, 1.165) is 10.3 Å². The van der Waals surface area contributed by atoms with Crippen molar-refractivity contribution in [3.8, 4) is 0 Å². The van der Waals surface area contributed by atoms with Crippen molar-refractivity contribution in [2.45, 2.75) is 18.9 Å². The van der Waals surface area contributed by atoms with E-state index >= 15 is 0 Å². The molecule has 1 aromatic rings. The van der Waals surface area contributed by atoms with Crippen LogP contribution in [0.1, 0.15) is 22.6 Å². The zero-order chi connectivity index (χ0) is 11.8. The number of halogens is 1. The molecular formula is C11H14BrN3OS. The van der Waals surface area contributed by atoms with E-state index in [1.54, 1.807) is 6.20 Å². The lowest BCUT2D eigenvalue weighted by Crippen LogP contribution is -2.57. The molecule has 3 saturated heterocycles. The second kappa shape index (κ2) is 4.66. The van der Waals surface area contributed by atoms with E-state index in [-0.39, 0.29) is 5.91 Å². The Hall–Kier alpha value is -0.460. The largest absolute Gasteiger partial charge is 0.346 e. The van der Waals surface area contributed by atoms with E-state index in [0.29, 0.717) is 17.0 Å². The molecule has 1 aromatic heterocycles. The highest BCUT2D eigenvalue weighted by Crippen LogP contribution is 2.28. The van der Waals surface area contributed by atoms with Gasteiger partial charge in [-0.1, -0.05) is 0 Å². The van der Waals surface area contributed by atoms with Crippen LogP contribution in [0, 0.1) is 5.92 Å². The summed E-state index contributed by atoms with van der Waals surface area (Å²) < 4.78 is 0.900. The summed E-state index contributed by atoms with van der Waals surface area (Å²) in [6, 6.07) is 0.313. The van der Waals surface area contributed by atoms with Crippen LogP contribution in [-0.4, -0.2) is 41.5 Å². The first-order valence-corrected chi connectivity index (χ1v) is 7.48. The molecule has 0 radical (unpaired) electrons. The Labute approximate surface area is 113 Å². The van der Waals surface area contributed by atoms with Gasteiger partial charge in [0.2, 0.25) is 0 Å². The highest BCUT2D eigenvalue weighted by atomic mass is 79.9. The monoisotopic (exact) mass is 315 g/mol. The molecule has 3 aliphatic heterocycles. The summed E-state index contributed by atoms with van der Waals surface area (Å²) in [5, 5.41) is 3.68. The number of amides is 1. The first-order chi connectivity index (χ1) is 8.22. The molecule has 1 atom stereocenters. The number of aromatic nitrogens is 1. The summed E-state index contributed by atoms with van der Waals surface area (Å²) >= 11 is 4.71. The maximum absolute atomic E-state index is 12.0. The highest BCUT2D eigenvalue weighted by molar-refractivity contribution is 9.11. The lowest BCUT2D eigenvalue weighted by molar-refractivity contribution is 0.0620. The van der Waals surface area contributed by atoms with Gasteiger partial charge in [0.1, 0.15) is 0 Å². The molecular weight excluding hydrogens is 302 g/mol. The molecule has 2 bridgehead atoms. The molecule has 1 N–H and O–H groups in total. The first kappa shape index (κ1) is 11.6. The lowest BCUT2D eigenvalue weighted by Gasteiger charge is -2.44. The minimum absolute atomic E-state index is 0.0283. The third kappa shape index (κ3) is 2.39. The number of nitrogens with one attached hydrogen (secondary N) is 1. The molecule has 4 nitrogen and oxygen atoms in total. The van der Waals surface area contributed by atoms with Gasteiger partial charge in [-0.25, -0.2) is 4.98 Å². The molecule has 1 unspecified atom stereocenters. The van der Waals surface area contributed by atoms with Crippen LogP contribution in [0.3, 0.4) is 0 Å². The van der Waals surface area contributed by atoms with Crippen molar-refractivity contribution < 1.29 is 4.79 Å². The standard InChI is InChI=1S/C11H14BrN3OS/c12-9-5-13-11(17-9)10(16)14-8-6-15-3-1-7(8)2-4-15/h5,7-8H,1-4,6H2,(H,14,16). The quantitative estimate of drug-likeness (QED) is 0.904. The van der Waals surface area contributed by atoms with Crippen molar-refractivity contribution in [3.05, 3.63) is 15.0 Å². The Kier molecular flexibility index (Phi) is 3.19. The van der Waals surface area contributed by atoms with Crippen LogP contribution in [0.2, 0.25) is 0 Å². The molecule has 4 rings (SSSR count). The summed E-state index contributed by atoms with van der Waals surface area (Å²) in [7, 11) is 0. The Morgan fingerprint density at radius 2 is 2.29 bits per heavy atom. The van der Waals surface area contributed by atoms with Crippen molar-refractivity contribution in [3.63, 3.8) is 0 Å². The molecule has 3 aliphatic rings. The van der Waals surface area contributed by atoms with Crippen LogP contribution in [0.4, 0.5) is 0 Å². The van der Waals surface area contributed by atoms with Crippen LogP contribution in [-0.2, 0) is 0 Å². The van der Waals surface area contributed by atoms with Gasteiger partial charge < -0.3 is 10.2 Å². The van der Waals surface area contributed by atoms with Crippen molar-refractivity contribution in [1.82, 2.24) is 15.2 Å². The Morgan fingerprint density at radius 3 is 2.82 bits per heavy atom. The number of piperidine rings is 3. The second-order valence-corrected chi connectivity index (χ2v) is 7.10. The Bertz CT molecular complexity index is 428. The van der Waals surface area contributed by atoms with E-state index in [1.807, 2.05) is 0 Å². The maximum Gasteiger partial charge on any atom is 0.280 e. The summed E-state index contributed by atoms with van der Waals surface area (Å²) in [4.78, 5) is 18.5. The molecule has 92 valence electrons. The van der Waals surface area contributed by atoms with Crippen molar-refractivity contribution in [2.24, 2.45) is 5.92 Å². The summed E-state index contributed by atoms with van der Waals surface area (Å²) in [5.41, 5.74) is 0. The molecule has 6 heteroatoms. The van der Waals surface area contributed by atoms with Gasteiger partial charge in [-0.3, -0.25) is 4.79 Å². The topological polar surface area (TPSA) is 45.2 Å². The third-order valence-electron chi connectivity index (χ3n) is 3.64. The molecule has 17 heavy (non-hydrogen) atoms. The highest BCUT2D eigenvalue weighted by Gasteiger charge is 2.35. The average molecular weight is 316 g/mol. The van der Waals surface area contributed by atoms with Gasteiger partial charge in [0.15, 0.2) is 5.01 Å². The van der Waals surface area contributed by atoms with E-state index < -0.39 is 0 Å². The summed E-state index contributed by atoms with van der Waals surface area (Å²) in [5.74, 6) is 0.631. The molecule has 0 saturated carbocycles. The van der Waals surface area contributed by atoms with Gasteiger partial charge in [0.25, 0.3) is 5.91 Å². The summed E-state index contributed by atoms with van der Waals surface area (Å²) in [6.45, 7) is 3.39. The number of thiazole rings is 1. The molecule has 0 aliphatic carbocycles. The fourth-order valence-electron chi connectivity index (χ4n) is 2.72. The van der Waals surface area contributed by atoms with Gasteiger partial charge in [-0.2, -0.15) is 0 Å². The van der Waals surface area contributed by atoms with Crippen LogP contribution in [0.25, 0.3) is 0 Å². The van der Waals surface area contributed by atoms with E-state index in [1.165, 1.54) is 37.3 Å². The van der Waals surface area contributed by atoms with E-state index in [2.05, 4.69) is 31.1 Å². The zero-order valence-electron chi connectivity index (χ0n) is 9.36. The predicted octanol–water partition coefficient (Wildman–Crippen LogP) is 1.73. The maximum atomic E-state index is 12.0. The Balaban J connectivity index is 1.65. The minimum Gasteiger partial charge on any atom is -0.346 e. The van der Waals surface area contributed by atoms with Gasteiger partial charge in [-0.05, 0) is 47.8 Å². The molecule has 1 amide bonds. The average Bonchev–Trinajstić information content (AvgIpc) is 2.77. The second-order valence-electron chi connectivity index (χ2n) is 4.69. The smallest absolute Gasteiger partial charge is 0.280 e. The van der Waals surface area contributed by atoms with Gasteiger partial charge in [-0.15, -0.1) is 11.3 Å². The number of fused-ring (bicyclic) bond motifs is 3. The molecule has 0 spiro atoms. The van der Waals surface area contributed by atoms with Gasteiger partial charge >= 0.3 is 0 Å². The zero-order valence-corrected chi connectivity index (χ0v) is 11.8. The van der Waals surface area contributed by atoms with Crippen molar-refractivity contribution >= 4 is 33.2 Å². The van der Waals surface area contributed by atoms with Crippen LogP contribution < -0.4 is 5.32 Å². The number of rotatable bonds is 2. The fraction of sp³-hybridized carbons (Fsp3) is 0.636.